The molecule has 1 aromatic heterocycles. The van der Waals surface area contributed by atoms with E-state index < -0.39 is 0 Å². The molecule has 1 heterocycles. The van der Waals surface area contributed by atoms with Gasteiger partial charge in [0.05, 0.1) is 5.25 Å². The molecule has 0 bridgehead atoms. The third-order valence-electron chi connectivity index (χ3n) is 3.13. The zero-order chi connectivity index (χ0) is 18.4. The van der Waals surface area contributed by atoms with E-state index in [-0.39, 0.29) is 16.9 Å². The van der Waals surface area contributed by atoms with Crippen molar-refractivity contribution in [3.63, 3.8) is 0 Å². The molecule has 0 spiro atoms. The standard InChI is InChI=1S/C17H21N3O2S3/c1-10(2)9-23-16-19-20-17(25-16)24-12(4)15(22)18-14-7-5-13(6-8-14)11(3)21/h5-8,10,12H,9H2,1-4H3,(H,18,22)/t12-/m1/s1. The fourth-order valence-corrected chi connectivity index (χ4v) is 4.92. The van der Waals surface area contributed by atoms with Gasteiger partial charge in [-0.25, -0.2) is 0 Å². The quantitative estimate of drug-likeness (QED) is 0.520. The molecule has 2 rings (SSSR count). The summed E-state index contributed by atoms with van der Waals surface area (Å²) in [5.41, 5.74) is 1.30. The predicted molar refractivity (Wildman–Crippen MR) is 106 cm³/mol. The van der Waals surface area contributed by atoms with Gasteiger partial charge < -0.3 is 5.32 Å². The first-order chi connectivity index (χ1) is 11.8. The summed E-state index contributed by atoms with van der Waals surface area (Å²) in [5, 5.41) is 10.9. The summed E-state index contributed by atoms with van der Waals surface area (Å²) in [7, 11) is 0. The Hall–Kier alpha value is -1.38. The highest BCUT2D eigenvalue weighted by Crippen LogP contribution is 2.32. The van der Waals surface area contributed by atoms with Crippen molar-refractivity contribution in [3.8, 4) is 0 Å². The Balaban J connectivity index is 1.88. The maximum atomic E-state index is 12.3. The molecule has 0 radical (unpaired) electrons. The van der Waals surface area contributed by atoms with Crippen molar-refractivity contribution in [1.82, 2.24) is 10.2 Å². The minimum atomic E-state index is -0.289. The number of rotatable bonds is 8. The lowest BCUT2D eigenvalue weighted by atomic mass is 10.1. The second kappa shape index (κ2) is 9.35. The number of Topliss-reactive ketones (excluding diaryl/α,β-unsaturated/α-hetero) is 1. The first-order valence-electron chi connectivity index (χ1n) is 7.90. The van der Waals surface area contributed by atoms with Crippen molar-refractivity contribution in [2.24, 2.45) is 5.92 Å². The molecular weight excluding hydrogens is 374 g/mol. The third-order valence-corrected chi connectivity index (χ3v) is 6.80. The van der Waals surface area contributed by atoms with Crippen LogP contribution in [0.5, 0.6) is 0 Å². The molecule has 1 amide bonds. The van der Waals surface area contributed by atoms with Crippen LogP contribution < -0.4 is 5.32 Å². The first-order valence-corrected chi connectivity index (χ1v) is 10.6. The molecule has 2 aromatic rings. The maximum Gasteiger partial charge on any atom is 0.237 e. The topological polar surface area (TPSA) is 72.0 Å². The van der Waals surface area contributed by atoms with Crippen molar-refractivity contribution >= 4 is 52.2 Å². The van der Waals surface area contributed by atoms with Crippen LogP contribution >= 0.6 is 34.9 Å². The molecule has 0 unspecified atom stereocenters. The molecule has 0 saturated carbocycles. The van der Waals surface area contributed by atoms with Gasteiger partial charge in [0, 0.05) is 17.0 Å². The fourth-order valence-electron chi connectivity index (χ4n) is 1.78. The van der Waals surface area contributed by atoms with E-state index in [9.17, 15) is 9.59 Å². The van der Waals surface area contributed by atoms with Gasteiger partial charge in [-0.05, 0) is 44.0 Å². The molecule has 1 atom stereocenters. The molecule has 25 heavy (non-hydrogen) atoms. The van der Waals surface area contributed by atoms with E-state index in [4.69, 9.17) is 0 Å². The molecule has 134 valence electrons. The first kappa shape index (κ1) is 19.9. The van der Waals surface area contributed by atoms with Gasteiger partial charge >= 0.3 is 0 Å². The zero-order valence-corrected chi connectivity index (χ0v) is 17.1. The van der Waals surface area contributed by atoms with Crippen molar-refractivity contribution in [2.75, 3.05) is 11.1 Å². The van der Waals surface area contributed by atoms with Crippen molar-refractivity contribution in [1.29, 1.82) is 0 Å². The lowest BCUT2D eigenvalue weighted by Crippen LogP contribution is -2.22. The van der Waals surface area contributed by atoms with Gasteiger partial charge in [0.1, 0.15) is 0 Å². The highest BCUT2D eigenvalue weighted by molar-refractivity contribution is 8.03. The van der Waals surface area contributed by atoms with Crippen LogP contribution in [-0.2, 0) is 4.79 Å². The number of hydrogen-bond donors (Lipinski definition) is 1. The van der Waals surface area contributed by atoms with Crippen LogP contribution in [0.3, 0.4) is 0 Å². The highest BCUT2D eigenvalue weighted by Gasteiger charge is 2.17. The number of benzene rings is 1. The summed E-state index contributed by atoms with van der Waals surface area (Å²) in [6, 6.07) is 6.88. The SMILES string of the molecule is CC(=O)c1ccc(NC(=O)[C@@H](C)Sc2nnc(SCC(C)C)s2)cc1. The van der Waals surface area contributed by atoms with E-state index in [1.807, 2.05) is 6.92 Å². The van der Waals surface area contributed by atoms with Crippen molar-refractivity contribution in [2.45, 2.75) is 41.6 Å². The monoisotopic (exact) mass is 395 g/mol. The van der Waals surface area contributed by atoms with E-state index in [1.165, 1.54) is 30.0 Å². The van der Waals surface area contributed by atoms with Crippen LogP contribution in [-0.4, -0.2) is 32.9 Å². The van der Waals surface area contributed by atoms with Gasteiger partial charge in [-0.15, -0.1) is 10.2 Å². The number of aromatic nitrogens is 2. The van der Waals surface area contributed by atoms with Crippen LogP contribution in [0.25, 0.3) is 0 Å². The number of carbonyl (C=O) groups is 2. The largest absolute Gasteiger partial charge is 0.325 e. The molecule has 5 nitrogen and oxygen atoms in total. The Morgan fingerprint density at radius 3 is 2.36 bits per heavy atom. The molecule has 0 saturated heterocycles. The van der Waals surface area contributed by atoms with E-state index in [0.717, 1.165) is 14.4 Å². The lowest BCUT2D eigenvalue weighted by molar-refractivity contribution is -0.115. The molecule has 0 aliphatic carbocycles. The van der Waals surface area contributed by atoms with Gasteiger partial charge in [0.2, 0.25) is 5.91 Å². The number of carbonyl (C=O) groups excluding carboxylic acids is 2. The average Bonchev–Trinajstić information content (AvgIpc) is 3.00. The minimum Gasteiger partial charge on any atom is -0.325 e. The second-order valence-electron chi connectivity index (χ2n) is 5.92. The van der Waals surface area contributed by atoms with E-state index in [1.54, 1.807) is 36.0 Å². The van der Waals surface area contributed by atoms with Crippen molar-refractivity contribution < 1.29 is 9.59 Å². The summed E-state index contributed by atoms with van der Waals surface area (Å²) in [6.07, 6.45) is 0. The molecular formula is C17H21N3O2S3. The number of nitrogens with zero attached hydrogens (tertiary/aromatic N) is 2. The van der Waals surface area contributed by atoms with Crippen LogP contribution in [0, 0.1) is 5.92 Å². The summed E-state index contributed by atoms with van der Waals surface area (Å²) in [6.45, 7) is 7.69. The van der Waals surface area contributed by atoms with Gasteiger partial charge in [-0.3, -0.25) is 9.59 Å². The summed E-state index contributed by atoms with van der Waals surface area (Å²) in [4.78, 5) is 23.6. The van der Waals surface area contributed by atoms with E-state index in [2.05, 4.69) is 29.4 Å². The number of hydrogen-bond acceptors (Lipinski definition) is 7. The zero-order valence-electron chi connectivity index (χ0n) is 14.6. The third kappa shape index (κ3) is 6.45. The van der Waals surface area contributed by atoms with Gasteiger partial charge in [-0.1, -0.05) is 48.7 Å². The number of ketones is 1. The average molecular weight is 396 g/mol. The number of anilines is 1. The number of thioether (sulfide) groups is 2. The fraction of sp³-hybridized carbons (Fsp3) is 0.412. The summed E-state index contributed by atoms with van der Waals surface area (Å²) >= 11 is 4.61. The Bertz CT molecular complexity index is 729. The molecule has 0 fully saturated rings. The predicted octanol–water partition coefficient (Wildman–Crippen LogP) is 4.61. The molecule has 8 heteroatoms. The summed E-state index contributed by atoms with van der Waals surface area (Å²) in [5.74, 6) is 1.51. The Morgan fingerprint density at radius 2 is 1.76 bits per heavy atom. The smallest absolute Gasteiger partial charge is 0.237 e. The van der Waals surface area contributed by atoms with E-state index in [0.29, 0.717) is 17.2 Å². The van der Waals surface area contributed by atoms with Crippen LogP contribution in [0.15, 0.2) is 32.9 Å². The Labute approximate surface area is 160 Å². The maximum absolute atomic E-state index is 12.3. The minimum absolute atomic E-state index is 0.00390. The van der Waals surface area contributed by atoms with Gasteiger partial charge in [-0.2, -0.15) is 0 Å². The molecule has 1 aromatic carbocycles. The van der Waals surface area contributed by atoms with E-state index >= 15 is 0 Å². The van der Waals surface area contributed by atoms with Crippen LogP contribution in [0.4, 0.5) is 5.69 Å². The van der Waals surface area contributed by atoms with Crippen LogP contribution in [0.1, 0.15) is 38.1 Å². The normalized spacial score (nSPS) is 12.2. The molecule has 0 aliphatic heterocycles. The lowest BCUT2D eigenvalue weighted by Gasteiger charge is -2.10. The van der Waals surface area contributed by atoms with Crippen LogP contribution in [0.2, 0.25) is 0 Å². The molecule has 0 aliphatic rings. The highest BCUT2D eigenvalue weighted by atomic mass is 32.2. The Kier molecular flexibility index (Phi) is 7.46. The number of amides is 1. The second-order valence-corrected chi connectivity index (χ2v) is 9.75. The number of nitrogens with one attached hydrogen (secondary N) is 1. The van der Waals surface area contributed by atoms with Gasteiger partial charge in [0.15, 0.2) is 14.5 Å². The van der Waals surface area contributed by atoms with Gasteiger partial charge in [0.25, 0.3) is 0 Å². The molecule has 1 N–H and O–H groups in total. The van der Waals surface area contributed by atoms with Crippen molar-refractivity contribution in [3.05, 3.63) is 29.8 Å². The Morgan fingerprint density at radius 1 is 1.12 bits per heavy atom. The summed E-state index contributed by atoms with van der Waals surface area (Å²) < 4.78 is 1.73.